The molecule has 1 saturated heterocycles. The predicted molar refractivity (Wildman–Crippen MR) is 78.2 cm³/mol. The van der Waals surface area contributed by atoms with Crippen molar-refractivity contribution in [2.75, 3.05) is 31.1 Å². The molecule has 18 heavy (non-hydrogen) atoms. The highest BCUT2D eigenvalue weighted by molar-refractivity contribution is 9.10. The van der Waals surface area contributed by atoms with Gasteiger partial charge in [0.15, 0.2) is 0 Å². The van der Waals surface area contributed by atoms with Gasteiger partial charge in [0.1, 0.15) is 0 Å². The molecule has 0 amide bonds. The second kappa shape index (κ2) is 4.55. The number of hydrogen-bond donors (Lipinski definition) is 1. The van der Waals surface area contributed by atoms with Crippen molar-refractivity contribution in [1.82, 2.24) is 14.9 Å². The maximum atomic E-state index is 4.79. The van der Waals surface area contributed by atoms with Crippen LogP contribution in [-0.2, 0) is 7.05 Å². The summed E-state index contributed by atoms with van der Waals surface area (Å²) in [5.74, 6) is 1.07. The summed E-state index contributed by atoms with van der Waals surface area (Å²) >= 11 is 3.64. The maximum Gasteiger partial charge on any atom is 0.206 e. The number of nitrogens with zero attached hydrogens (tertiary/aromatic N) is 3. The fraction of sp³-hybridized carbons (Fsp3) is 0.462. The highest BCUT2D eigenvalue weighted by Gasteiger charge is 2.18. The van der Waals surface area contributed by atoms with Crippen molar-refractivity contribution < 1.29 is 0 Å². The van der Waals surface area contributed by atoms with Gasteiger partial charge in [-0.25, -0.2) is 4.98 Å². The Morgan fingerprint density at radius 2 is 2.00 bits per heavy atom. The van der Waals surface area contributed by atoms with Crippen molar-refractivity contribution in [3.05, 3.63) is 22.2 Å². The van der Waals surface area contributed by atoms with Gasteiger partial charge in [-0.15, -0.1) is 0 Å². The topological polar surface area (TPSA) is 33.1 Å². The number of anilines is 1. The molecule has 0 aliphatic carbocycles. The van der Waals surface area contributed by atoms with E-state index in [4.69, 9.17) is 4.98 Å². The number of piperazine rings is 1. The van der Waals surface area contributed by atoms with Gasteiger partial charge in [-0.2, -0.15) is 0 Å². The summed E-state index contributed by atoms with van der Waals surface area (Å²) in [5, 5.41) is 3.37. The van der Waals surface area contributed by atoms with Gasteiger partial charge < -0.3 is 14.8 Å². The van der Waals surface area contributed by atoms with Crippen molar-refractivity contribution in [2.24, 2.45) is 7.05 Å². The van der Waals surface area contributed by atoms with E-state index in [1.54, 1.807) is 0 Å². The minimum absolute atomic E-state index is 1.02. The molecule has 1 fully saturated rings. The van der Waals surface area contributed by atoms with E-state index in [9.17, 15) is 0 Å². The quantitative estimate of drug-likeness (QED) is 0.875. The molecule has 0 unspecified atom stereocenters. The van der Waals surface area contributed by atoms with Crippen LogP contribution >= 0.6 is 15.9 Å². The van der Waals surface area contributed by atoms with Crippen LogP contribution in [-0.4, -0.2) is 35.7 Å². The summed E-state index contributed by atoms with van der Waals surface area (Å²) in [6, 6.07) is 4.29. The van der Waals surface area contributed by atoms with Crippen LogP contribution in [0.4, 0.5) is 5.95 Å². The van der Waals surface area contributed by atoms with Crippen LogP contribution in [0, 0.1) is 6.92 Å². The van der Waals surface area contributed by atoms with Gasteiger partial charge in [-0.05, 0) is 40.5 Å². The lowest BCUT2D eigenvalue weighted by Crippen LogP contribution is -2.44. The molecule has 5 heteroatoms. The van der Waals surface area contributed by atoms with Crippen LogP contribution in [0.1, 0.15) is 5.56 Å². The van der Waals surface area contributed by atoms with Gasteiger partial charge >= 0.3 is 0 Å². The van der Waals surface area contributed by atoms with E-state index in [1.807, 2.05) is 0 Å². The van der Waals surface area contributed by atoms with E-state index in [2.05, 4.69) is 56.8 Å². The van der Waals surface area contributed by atoms with Crippen LogP contribution in [0.2, 0.25) is 0 Å². The fourth-order valence-electron chi connectivity index (χ4n) is 2.56. The van der Waals surface area contributed by atoms with Crippen molar-refractivity contribution in [2.45, 2.75) is 6.92 Å². The monoisotopic (exact) mass is 308 g/mol. The Labute approximate surface area is 115 Å². The van der Waals surface area contributed by atoms with Crippen molar-refractivity contribution in [1.29, 1.82) is 0 Å². The second-order valence-corrected chi connectivity index (χ2v) is 5.68. The number of benzene rings is 1. The lowest BCUT2D eigenvalue weighted by atomic mass is 10.2. The zero-order valence-corrected chi connectivity index (χ0v) is 12.3. The van der Waals surface area contributed by atoms with E-state index in [-0.39, 0.29) is 0 Å². The number of aryl methyl sites for hydroxylation is 2. The Balaban J connectivity index is 2.13. The van der Waals surface area contributed by atoms with E-state index >= 15 is 0 Å². The van der Waals surface area contributed by atoms with Crippen LogP contribution in [0.25, 0.3) is 11.0 Å². The zero-order valence-electron chi connectivity index (χ0n) is 10.7. The molecule has 1 aromatic carbocycles. The number of nitrogens with one attached hydrogen (secondary N) is 1. The molecule has 96 valence electrons. The minimum atomic E-state index is 1.02. The molecule has 0 bridgehead atoms. The summed E-state index contributed by atoms with van der Waals surface area (Å²) < 4.78 is 3.30. The molecule has 2 aromatic rings. The fourth-order valence-corrected chi connectivity index (χ4v) is 3.39. The van der Waals surface area contributed by atoms with Gasteiger partial charge in [-0.1, -0.05) is 0 Å². The number of imidazole rings is 1. The number of hydrogen-bond acceptors (Lipinski definition) is 3. The first-order chi connectivity index (χ1) is 8.66. The van der Waals surface area contributed by atoms with E-state index in [0.717, 1.165) is 42.1 Å². The predicted octanol–water partition coefficient (Wildman–Crippen LogP) is 2.05. The van der Waals surface area contributed by atoms with Crippen LogP contribution in [0.3, 0.4) is 0 Å². The Morgan fingerprint density at radius 1 is 1.28 bits per heavy atom. The third kappa shape index (κ3) is 1.91. The average molecular weight is 309 g/mol. The third-order valence-corrected chi connectivity index (χ3v) is 4.05. The summed E-state index contributed by atoms with van der Waals surface area (Å²) in [6.45, 7) is 6.21. The molecule has 0 spiro atoms. The maximum absolute atomic E-state index is 4.79. The third-order valence-electron chi connectivity index (χ3n) is 3.44. The van der Waals surface area contributed by atoms with Crippen LogP contribution in [0.15, 0.2) is 16.6 Å². The number of rotatable bonds is 1. The molecule has 2 heterocycles. The summed E-state index contributed by atoms with van der Waals surface area (Å²) in [4.78, 5) is 7.13. The van der Waals surface area contributed by atoms with E-state index < -0.39 is 0 Å². The van der Waals surface area contributed by atoms with E-state index in [0.29, 0.717) is 0 Å². The molecular weight excluding hydrogens is 292 g/mol. The molecule has 3 rings (SSSR count). The van der Waals surface area contributed by atoms with Gasteiger partial charge in [0.2, 0.25) is 5.95 Å². The Kier molecular flexibility index (Phi) is 3.03. The Bertz CT molecular complexity index is 584. The van der Waals surface area contributed by atoms with E-state index in [1.165, 1.54) is 11.1 Å². The normalized spacial score (nSPS) is 16.5. The van der Waals surface area contributed by atoms with Crippen molar-refractivity contribution >= 4 is 32.9 Å². The second-order valence-electron chi connectivity index (χ2n) is 4.82. The summed E-state index contributed by atoms with van der Waals surface area (Å²) in [7, 11) is 2.09. The van der Waals surface area contributed by atoms with Crippen LogP contribution < -0.4 is 10.2 Å². The smallest absolute Gasteiger partial charge is 0.206 e. The molecule has 1 aliphatic rings. The SMILES string of the molecule is Cc1cc(Br)c2c(c1)nc(N1CCNCC1)n2C. The highest BCUT2D eigenvalue weighted by atomic mass is 79.9. The first-order valence-corrected chi connectivity index (χ1v) is 7.04. The lowest BCUT2D eigenvalue weighted by Gasteiger charge is -2.28. The standard InChI is InChI=1S/C13H17BrN4/c1-9-7-10(14)12-11(8-9)16-13(17(12)2)18-5-3-15-4-6-18/h7-8,15H,3-6H2,1-2H3. The number of halogens is 1. The van der Waals surface area contributed by atoms with Gasteiger partial charge in [-0.3, -0.25) is 0 Å². The summed E-state index contributed by atoms with van der Waals surface area (Å²) in [5.41, 5.74) is 3.48. The number of fused-ring (bicyclic) bond motifs is 1. The molecular formula is C13H17BrN4. The van der Waals surface area contributed by atoms with Crippen LogP contribution in [0.5, 0.6) is 0 Å². The van der Waals surface area contributed by atoms with Crippen molar-refractivity contribution in [3.8, 4) is 0 Å². The van der Waals surface area contributed by atoms with Gasteiger partial charge in [0.05, 0.1) is 11.0 Å². The molecule has 1 aliphatic heterocycles. The molecule has 0 atom stereocenters. The Morgan fingerprint density at radius 3 is 2.72 bits per heavy atom. The summed E-state index contributed by atoms with van der Waals surface area (Å²) in [6.07, 6.45) is 0. The Hall–Kier alpha value is -1.07. The minimum Gasteiger partial charge on any atom is -0.340 e. The van der Waals surface area contributed by atoms with Gasteiger partial charge in [0.25, 0.3) is 0 Å². The molecule has 1 N–H and O–H groups in total. The zero-order chi connectivity index (χ0) is 12.7. The lowest BCUT2D eigenvalue weighted by molar-refractivity contribution is 0.575. The highest BCUT2D eigenvalue weighted by Crippen LogP contribution is 2.29. The molecule has 0 saturated carbocycles. The largest absolute Gasteiger partial charge is 0.340 e. The molecule has 4 nitrogen and oxygen atoms in total. The molecule has 0 radical (unpaired) electrons. The average Bonchev–Trinajstić information content (AvgIpc) is 2.67. The van der Waals surface area contributed by atoms with Gasteiger partial charge in [0, 0.05) is 37.7 Å². The first-order valence-electron chi connectivity index (χ1n) is 6.25. The van der Waals surface area contributed by atoms with Crippen molar-refractivity contribution in [3.63, 3.8) is 0 Å². The molecule has 1 aromatic heterocycles. The first kappa shape index (κ1) is 12.0. The number of aromatic nitrogens is 2.